The number of nitrogens with zero attached hydrogens (tertiary/aromatic N) is 1. The molecular formula is C22H28N4O3. The second-order valence-electron chi connectivity index (χ2n) is 8.86. The molecule has 3 atom stereocenters. The maximum Gasteiger partial charge on any atom is 0.255 e. The van der Waals surface area contributed by atoms with Crippen molar-refractivity contribution in [2.75, 3.05) is 6.54 Å². The number of hydrogen-bond donors (Lipinski definition) is 3. The van der Waals surface area contributed by atoms with Gasteiger partial charge in [-0.05, 0) is 43.4 Å². The summed E-state index contributed by atoms with van der Waals surface area (Å²) in [5.41, 5.74) is 2.85. The predicted octanol–water partition coefficient (Wildman–Crippen LogP) is 1.21. The normalized spacial score (nSPS) is 31.6. The number of hydrogen-bond acceptors (Lipinski definition) is 5. The van der Waals surface area contributed by atoms with Gasteiger partial charge in [-0.15, -0.1) is 0 Å². The second-order valence-corrected chi connectivity index (χ2v) is 8.86. The summed E-state index contributed by atoms with van der Waals surface area (Å²) in [5, 5.41) is 9.83. The van der Waals surface area contributed by atoms with Crippen LogP contribution in [0.5, 0.6) is 0 Å². The lowest BCUT2D eigenvalue weighted by molar-refractivity contribution is -0.136. The fraction of sp³-hybridized carbons (Fsp3) is 0.591. The van der Waals surface area contributed by atoms with Crippen LogP contribution in [0.1, 0.15) is 66.4 Å². The summed E-state index contributed by atoms with van der Waals surface area (Å²) in [6.45, 7) is 2.15. The van der Waals surface area contributed by atoms with E-state index in [0.717, 1.165) is 29.7 Å². The van der Waals surface area contributed by atoms with E-state index < -0.39 is 6.04 Å². The number of fused-ring (bicyclic) bond motifs is 2. The van der Waals surface area contributed by atoms with Crippen LogP contribution in [0, 0.1) is 0 Å². The zero-order valence-corrected chi connectivity index (χ0v) is 16.6. The molecule has 3 heterocycles. The zero-order valence-electron chi connectivity index (χ0n) is 16.6. The third kappa shape index (κ3) is 3.16. The molecule has 3 aliphatic heterocycles. The first-order chi connectivity index (χ1) is 14.1. The highest BCUT2D eigenvalue weighted by atomic mass is 16.2. The summed E-state index contributed by atoms with van der Waals surface area (Å²) >= 11 is 0. The van der Waals surface area contributed by atoms with E-state index in [1.165, 1.54) is 25.7 Å². The van der Waals surface area contributed by atoms with Crippen LogP contribution in [0.2, 0.25) is 0 Å². The molecule has 0 radical (unpaired) electrons. The van der Waals surface area contributed by atoms with Crippen molar-refractivity contribution < 1.29 is 14.4 Å². The summed E-state index contributed by atoms with van der Waals surface area (Å²) in [6, 6.07) is 5.95. The fourth-order valence-corrected chi connectivity index (χ4v) is 5.71. The molecule has 7 nitrogen and oxygen atoms in total. The Kier molecular flexibility index (Phi) is 4.67. The van der Waals surface area contributed by atoms with Gasteiger partial charge >= 0.3 is 0 Å². The van der Waals surface area contributed by atoms with Crippen LogP contribution in [0.15, 0.2) is 18.2 Å². The fourth-order valence-electron chi connectivity index (χ4n) is 5.71. The highest BCUT2D eigenvalue weighted by Gasteiger charge is 2.44. The van der Waals surface area contributed by atoms with Crippen LogP contribution in [0.25, 0.3) is 0 Å². The van der Waals surface area contributed by atoms with Crippen molar-refractivity contribution in [1.82, 2.24) is 20.9 Å². The van der Waals surface area contributed by atoms with Gasteiger partial charge in [0.05, 0.1) is 0 Å². The average Bonchev–Trinajstić information content (AvgIpc) is 3.28. The van der Waals surface area contributed by atoms with Gasteiger partial charge in [0.2, 0.25) is 11.8 Å². The van der Waals surface area contributed by atoms with Crippen LogP contribution in [0.3, 0.4) is 0 Å². The van der Waals surface area contributed by atoms with Gasteiger partial charge in [0, 0.05) is 36.7 Å². The number of amides is 3. The predicted molar refractivity (Wildman–Crippen MR) is 107 cm³/mol. The van der Waals surface area contributed by atoms with Gasteiger partial charge in [-0.1, -0.05) is 31.0 Å². The first-order valence-corrected chi connectivity index (χ1v) is 10.8. The molecule has 0 aromatic heterocycles. The molecule has 1 aromatic rings. The lowest BCUT2D eigenvalue weighted by Crippen LogP contribution is -2.55. The Morgan fingerprint density at radius 3 is 2.90 bits per heavy atom. The molecule has 1 aromatic carbocycles. The van der Waals surface area contributed by atoms with E-state index >= 15 is 0 Å². The molecule has 5 rings (SSSR count). The maximum absolute atomic E-state index is 13.2. The molecule has 1 aliphatic carbocycles. The van der Waals surface area contributed by atoms with Gasteiger partial charge in [-0.3, -0.25) is 19.7 Å². The number of imide groups is 1. The first kappa shape index (κ1) is 18.8. The average molecular weight is 396 g/mol. The second kappa shape index (κ2) is 7.22. The number of nitrogens with one attached hydrogen (secondary N) is 3. The summed E-state index contributed by atoms with van der Waals surface area (Å²) < 4.78 is 0. The monoisotopic (exact) mass is 396 g/mol. The Bertz CT molecular complexity index is 870. The molecule has 0 spiro atoms. The smallest absolute Gasteiger partial charge is 0.255 e. The van der Waals surface area contributed by atoms with Crippen LogP contribution in [-0.4, -0.2) is 46.8 Å². The summed E-state index contributed by atoms with van der Waals surface area (Å²) in [7, 11) is 0. The molecule has 3 unspecified atom stereocenters. The van der Waals surface area contributed by atoms with Gasteiger partial charge in [0.25, 0.3) is 5.91 Å². The molecule has 154 valence electrons. The highest BCUT2D eigenvalue weighted by Crippen LogP contribution is 2.36. The molecule has 29 heavy (non-hydrogen) atoms. The van der Waals surface area contributed by atoms with E-state index in [9.17, 15) is 14.4 Å². The van der Waals surface area contributed by atoms with Crippen molar-refractivity contribution in [3.63, 3.8) is 0 Å². The lowest BCUT2D eigenvalue weighted by Gasteiger charge is -2.40. The van der Waals surface area contributed by atoms with Crippen LogP contribution in [0.4, 0.5) is 0 Å². The standard InChI is InChI=1S/C22H28N4O3/c27-18-8-7-16(20(28)25-18)26-13-15-5-3-4-14(19(15)21(26)29)12-24-22-9-2-1-6-17(22)23-11-10-22/h3-5,16-17,23-24H,1-2,6-13H2,(H,25,27,28). The summed E-state index contributed by atoms with van der Waals surface area (Å²) in [4.78, 5) is 38.6. The molecular weight excluding hydrogens is 368 g/mol. The molecule has 1 saturated carbocycles. The van der Waals surface area contributed by atoms with Crippen LogP contribution in [-0.2, 0) is 22.7 Å². The Morgan fingerprint density at radius 1 is 1.14 bits per heavy atom. The number of piperidine rings is 1. The van der Waals surface area contributed by atoms with E-state index in [-0.39, 0.29) is 29.7 Å². The SMILES string of the molecule is O=C1CCC(N2Cc3cccc(CNC45CCCCC4NCC5)c3C2=O)C(=O)N1. The van der Waals surface area contributed by atoms with Crippen LogP contribution >= 0.6 is 0 Å². The lowest BCUT2D eigenvalue weighted by atomic mass is 9.78. The van der Waals surface area contributed by atoms with Crippen molar-refractivity contribution in [3.8, 4) is 0 Å². The quantitative estimate of drug-likeness (QED) is 0.666. The van der Waals surface area contributed by atoms with Gasteiger partial charge < -0.3 is 15.5 Å². The Balaban J connectivity index is 1.35. The summed E-state index contributed by atoms with van der Waals surface area (Å²) in [5.74, 6) is -0.705. The minimum Gasteiger partial charge on any atom is -0.322 e. The van der Waals surface area contributed by atoms with E-state index in [1.807, 2.05) is 18.2 Å². The van der Waals surface area contributed by atoms with Gasteiger partial charge in [-0.25, -0.2) is 0 Å². The van der Waals surface area contributed by atoms with E-state index in [1.54, 1.807) is 4.90 Å². The number of carbonyl (C=O) groups is 3. The molecule has 4 aliphatic rings. The van der Waals surface area contributed by atoms with Crippen LogP contribution < -0.4 is 16.0 Å². The van der Waals surface area contributed by atoms with Crippen molar-refractivity contribution in [2.24, 2.45) is 0 Å². The third-order valence-corrected chi connectivity index (χ3v) is 7.26. The van der Waals surface area contributed by atoms with Gasteiger partial charge in [-0.2, -0.15) is 0 Å². The number of carbonyl (C=O) groups excluding carboxylic acids is 3. The Hall–Kier alpha value is -2.25. The van der Waals surface area contributed by atoms with Crippen molar-refractivity contribution in [3.05, 3.63) is 34.9 Å². The third-order valence-electron chi connectivity index (χ3n) is 7.26. The maximum atomic E-state index is 13.2. The molecule has 7 heteroatoms. The van der Waals surface area contributed by atoms with Crippen molar-refractivity contribution >= 4 is 17.7 Å². The molecule has 3 fully saturated rings. The van der Waals surface area contributed by atoms with E-state index in [0.29, 0.717) is 25.6 Å². The van der Waals surface area contributed by atoms with Crippen molar-refractivity contribution in [1.29, 1.82) is 0 Å². The Morgan fingerprint density at radius 2 is 2.03 bits per heavy atom. The van der Waals surface area contributed by atoms with Gasteiger partial charge in [0.1, 0.15) is 6.04 Å². The molecule has 2 saturated heterocycles. The van der Waals surface area contributed by atoms with Gasteiger partial charge in [0.15, 0.2) is 0 Å². The first-order valence-electron chi connectivity index (χ1n) is 10.8. The number of rotatable bonds is 4. The minimum atomic E-state index is -0.561. The van der Waals surface area contributed by atoms with Crippen molar-refractivity contribution in [2.45, 2.75) is 75.7 Å². The molecule has 3 amide bonds. The van der Waals surface area contributed by atoms with E-state index in [4.69, 9.17) is 0 Å². The Labute approximate surface area is 170 Å². The molecule has 3 N–H and O–H groups in total. The topological polar surface area (TPSA) is 90.5 Å². The highest BCUT2D eigenvalue weighted by molar-refractivity contribution is 6.05. The largest absolute Gasteiger partial charge is 0.322 e. The molecule has 0 bridgehead atoms. The number of benzene rings is 1. The zero-order chi connectivity index (χ0) is 20.0. The van der Waals surface area contributed by atoms with E-state index in [2.05, 4.69) is 16.0 Å². The summed E-state index contributed by atoms with van der Waals surface area (Å²) in [6.07, 6.45) is 6.72. The minimum absolute atomic E-state index is 0.0888.